The summed E-state index contributed by atoms with van der Waals surface area (Å²) in [5.41, 5.74) is 5.80. The largest absolute Gasteiger partial charge is 0.383 e. The molecular formula is C8H16N4OS2. The van der Waals surface area contributed by atoms with E-state index in [2.05, 4.69) is 10.2 Å². The van der Waals surface area contributed by atoms with Crippen LogP contribution in [0.5, 0.6) is 0 Å². The van der Waals surface area contributed by atoms with Gasteiger partial charge in [0.25, 0.3) is 0 Å². The molecule has 1 aromatic heterocycles. The molecule has 0 amide bonds. The molecular weight excluding hydrogens is 232 g/mol. The highest BCUT2D eigenvalue weighted by Crippen LogP contribution is 2.26. The van der Waals surface area contributed by atoms with E-state index in [1.807, 2.05) is 19.0 Å². The highest BCUT2D eigenvalue weighted by Gasteiger charge is 2.08. The van der Waals surface area contributed by atoms with Gasteiger partial charge in [-0.1, -0.05) is 23.1 Å². The lowest BCUT2D eigenvalue weighted by molar-refractivity contribution is 0.186. The maximum Gasteiger partial charge on any atom is 0.208 e. The third kappa shape index (κ3) is 4.33. The summed E-state index contributed by atoms with van der Waals surface area (Å²) in [5, 5.41) is 9.02. The van der Waals surface area contributed by atoms with Crippen LogP contribution in [0.4, 0.5) is 5.13 Å². The zero-order valence-electron chi connectivity index (χ0n) is 9.14. The molecule has 1 atom stereocenters. The summed E-state index contributed by atoms with van der Waals surface area (Å²) >= 11 is 3.19. The van der Waals surface area contributed by atoms with Crippen molar-refractivity contribution in [3.63, 3.8) is 0 Å². The second-order valence-electron chi connectivity index (χ2n) is 3.27. The molecule has 0 aliphatic heterocycles. The molecule has 1 aromatic rings. The van der Waals surface area contributed by atoms with Crippen molar-refractivity contribution in [1.82, 2.24) is 10.2 Å². The van der Waals surface area contributed by atoms with Crippen molar-refractivity contribution >= 4 is 28.2 Å². The standard InChI is InChI=1S/C8H16N4OS2/c1-12(2)7-10-11-8(15-7)14-5-6(9)4-13-3/h6H,4-5,9H2,1-3H3. The molecule has 1 rings (SSSR count). The Hall–Kier alpha value is -0.370. The number of hydrogen-bond acceptors (Lipinski definition) is 7. The highest BCUT2D eigenvalue weighted by molar-refractivity contribution is 8.01. The van der Waals surface area contributed by atoms with Gasteiger partial charge >= 0.3 is 0 Å². The minimum absolute atomic E-state index is 0.0479. The fourth-order valence-electron chi connectivity index (χ4n) is 0.882. The molecule has 0 aliphatic rings. The van der Waals surface area contributed by atoms with Gasteiger partial charge < -0.3 is 15.4 Å². The van der Waals surface area contributed by atoms with Crippen LogP contribution in [-0.4, -0.2) is 49.8 Å². The van der Waals surface area contributed by atoms with E-state index in [9.17, 15) is 0 Å². The SMILES string of the molecule is COCC(N)CSc1nnc(N(C)C)s1. The van der Waals surface area contributed by atoms with Crippen molar-refractivity contribution in [2.24, 2.45) is 5.73 Å². The van der Waals surface area contributed by atoms with Crippen LogP contribution in [0.3, 0.4) is 0 Å². The van der Waals surface area contributed by atoms with Crippen molar-refractivity contribution < 1.29 is 4.74 Å². The van der Waals surface area contributed by atoms with Gasteiger partial charge in [-0.25, -0.2) is 0 Å². The Morgan fingerprint density at radius 1 is 1.53 bits per heavy atom. The van der Waals surface area contributed by atoms with Crippen LogP contribution in [0.1, 0.15) is 0 Å². The van der Waals surface area contributed by atoms with Crippen molar-refractivity contribution in [1.29, 1.82) is 0 Å². The molecule has 0 saturated carbocycles. The first-order valence-electron chi connectivity index (χ1n) is 4.51. The molecule has 0 aromatic carbocycles. The average Bonchev–Trinajstić information content (AvgIpc) is 2.63. The number of hydrogen-bond donors (Lipinski definition) is 1. The molecule has 86 valence electrons. The second-order valence-corrected chi connectivity index (χ2v) is 5.49. The Labute approximate surface area is 98.0 Å². The van der Waals surface area contributed by atoms with Crippen LogP contribution >= 0.6 is 23.1 Å². The first kappa shape index (κ1) is 12.7. The van der Waals surface area contributed by atoms with Crippen LogP contribution < -0.4 is 10.6 Å². The summed E-state index contributed by atoms with van der Waals surface area (Å²) in [5.74, 6) is 0.801. The van der Waals surface area contributed by atoms with E-state index in [-0.39, 0.29) is 6.04 Å². The topological polar surface area (TPSA) is 64.3 Å². The Morgan fingerprint density at radius 2 is 2.27 bits per heavy atom. The monoisotopic (exact) mass is 248 g/mol. The van der Waals surface area contributed by atoms with Gasteiger partial charge in [-0.3, -0.25) is 0 Å². The fourth-order valence-corrected chi connectivity index (χ4v) is 2.60. The van der Waals surface area contributed by atoms with Gasteiger partial charge in [-0.15, -0.1) is 10.2 Å². The molecule has 0 bridgehead atoms. The van der Waals surface area contributed by atoms with E-state index in [4.69, 9.17) is 10.5 Å². The molecule has 0 spiro atoms. The van der Waals surface area contributed by atoms with Gasteiger partial charge in [0.05, 0.1) is 6.61 Å². The smallest absolute Gasteiger partial charge is 0.208 e. The van der Waals surface area contributed by atoms with Crippen LogP contribution in [0, 0.1) is 0 Å². The Balaban J connectivity index is 2.37. The molecule has 7 heteroatoms. The maximum atomic E-state index is 5.80. The third-order valence-corrected chi connectivity index (χ3v) is 3.99. The van der Waals surface area contributed by atoms with Gasteiger partial charge in [0, 0.05) is 33.0 Å². The number of thioether (sulfide) groups is 1. The summed E-state index contributed by atoms with van der Waals surface area (Å²) in [6, 6.07) is 0.0479. The van der Waals surface area contributed by atoms with Crippen LogP contribution in [0.2, 0.25) is 0 Å². The van der Waals surface area contributed by atoms with Crippen molar-refractivity contribution in [3.8, 4) is 0 Å². The lowest BCUT2D eigenvalue weighted by Gasteiger charge is -2.07. The molecule has 5 nitrogen and oxygen atoms in total. The van der Waals surface area contributed by atoms with E-state index in [1.54, 1.807) is 30.2 Å². The summed E-state index contributed by atoms with van der Waals surface area (Å²) in [6.45, 7) is 0.576. The number of aromatic nitrogens is 2. The van der Waals surface area contributed by atoms with Gasteiger partial charge in [-0.05, 0) is 0 Å². The zero-order valence-corrected chi connectivity index (χ0v) is 10.8. The van der Waals surface area contributed by atoms with Crippen LogP contribution in [-0.2, 0) is 4.74 Å². The molecule has 0 radical (unpaired) electrons. The van der Waals surface area contributed by atoms with Gasteiger partial charge in [0.15, 0.2) is 4.34 Å². The van der Waals surface area contributed by atoms with Crippen molar-refractivity contribution in [2.45, 2.75) is 10.4 Å². The van der Waals surface area contributed by atoms with Gasteiger partial charge in [0.2, 0.25) is 5.13 Å². The molecule has 1 heterocycles. The van der Waals surface area contributed by atoms with E-state index < -0.39 is 0 Å². The summed E-state index contributed by atoms with van der Waals surface area (Å²) in [7, 11) is 5.55. The van der Waals surface area contributed by atoms with Crippen LogP contribution in [0.15, 0.2) is 4.34 Å². The quantitative estimate of drug-likeness (QED) is 0.747. The van der Waals surface area contributed by atoms with E-state index in [0.717, 1.165) is 15.2 Å². The maximum absolute atomic E-state index is 5.80. The summed E-state index contributed by atoms with van der Waals surface area (Å²) in [6.07, 6.45) is 0. The lowest BCUT2D eigenvalue weighted by Crippen LogP contribution is -2.27. The predicted octanol–water partition coefficient (Wildman–Crippen LogP) is 0.670. The number of methoxy groups -OCH3 is 1. The molecule has 15 heavy (non-hydrogen) atoms. The van der Waals surface area contributed by atoms with E-state index in [0.29, 0.717) is 6.61 Å². The number of ether oxygens (including phenoxy) is 1. The molecule has 0 saturated heterocycles. The first-order valence-corrected chi connectivity index (χ1v) is 6.32. The average molecular weight is 248 g/mol. The fraction of sp³-hybridized carbons (Fsp3) is 0.750. The molecule has 2 N–H and O–H groups in total. The second kappa shape index (κ2) is 6.26. The van der Waals surface area contributed by atoms with Crippen molar-refractivity contribution in [3.05, 3.63) is 0 Å². The number of nitrogens with zero attached hydrogens (tertiary/aromatic N) is 3. The number of anilines is 1. The first-order chi connectivity index (χ1) is 7.13. The normalized spacial score (nSPS) is 12.8. The van der Waals surface area contributed by atoms with E-state index >= 15 is 0 Å². The van der Waals surface area contributed by atoms with Crippen molar-refractivity contribution in [2.75, 3.05) is 38.5 Å². The summed E-state index contributed by atoms with van der Waals surface area (Å²) in [4.78, 5) is 1.94. The lowest BCUT2D eigenvalue weighted by atomic mass is 10.4. The third-order valence-electron chi connectivity index (χ3n) is 1.58. The number of rotatable bonds is 6. The van der Waals surface area contributed by atoms with E-state index in [1.165, 1.54) is 0 Å². The predicted molar refractivity (Wildman–Crippen MR) is 64.8 cm³/mol. The zero-order chi connectivity index (χ0) is 11.3. The Kier molecular flexibility index (Phi) is 5.30. The highest BCUT2D eigenvalue weighted by atomic mass is 32.2. The minimum Gasteiger partial charge on any atom is -0.383 e. The van der Waals surface area contributed by atoms with Gasteiger partial charge in [-0.2, -0.15) is 0 Å². The van der Waals surface area contributed by atoms with Crippen LogP contribution in [0.25, 0.3) is 0 Å². The Bertz CT molecular complexity index is 292. The Morgan fingerprint density at radius 3 is 2.80 bits per heavy atom. The van der Waals surface area contributed by atoms with Gasteiger partial charge in [0.1, 0.15) is 0 Å². The summed E-state index contributed by atoms with van der Waals surface area (Å²) < 4.78 is 5.91. The number of nitrogens with two attached hydrogens (primary N) is 1. The molecule has 0 fully saturated rings. The minimum atomic E-state index is 0.0479. The molecule has 0 aliphatic carbocycles. The molecule has 1 unspecified atom stereocenters.